The second-order valence-corrected chi connectivity index (χ2v) is 6.72. The van der Waals surface area contributed by atoms with Gasteiger partial charge in [-0.2, -0.15) is 0 Å². The average Bonchev–Trinajstić information content (AvgIpc) is 3.02. The van der Waals surface area contributed by atoms with E-state index in [4.69, 9.17) is 39.5 Å². The lowest BCUT2D eigenvalue weighted by molar-refractivity contribution is -0.114. The van der Waals surface area contributed by atoms with Gasteiger partial charge in [-0.1, -0.05) is 46.1 Å². The molecule has 0 saturated carbocycles. The third kappa shape index (κ3) is 2.70. The monoisotopic (exact) mass is 378 g/mol. The molecule has 1 aliphatic carbocycles. The van der Waals surface area contributed by atoms with Crippen LogP contribution in [0.25, 0.3) is 5.57 Å². The Balaban J connectivity index is 1.96. The van der Waals surface area contributed by atoms with E-state index < -0.39 is 11.6 Å². The Kier molecular flexibility index (Phi) is 4.56. The molecule has 0 amide bonds. The molecule has 0 aromatic carbocycles. The van der Waals surface area contributed by atoms with Gasteiger partial charge in [0, 0.05) is 19.3 Å². The molecule has 9 heteroatoms. The highest BCUT2D eigenvalue weighted by Gasteiger charge is 2.34. The van der Waals surface area contributed by atoms with Gasteiger partial charge < -0.3 is 9.64 Å². The maximum absolute atomic E-state index is 12.3. The number of hydrogen-bond donors (Lipinski definition) is 0. The van der Waals surface area contributed by atoms with Gasteiger partial charge in [0.15, 0.2) is 5.13 Å². The fourth-order valence-electron chi connectivity index (χ4n) is 2.12. The second kappa shape index (κ2) is 6.29. The van der Waals surface area contributed by atoms with Gasteiger partial charge in [-0.3, -0.25) is 9.59 Å². The number of aromatic nitrogens is 1. The van der Waals surface area contributed by atoms with Crippen LogP contribution in [0.3, 0.4) is 0 Å². The number of carbonyl (C=O) groups is 2. The Morgan fingerprint density at radius 2 is 1.68 bits per heavy atom. The van der Waals surface area contributed by atoms with E-state index in [0.717, 1.165) is 18.2 Å². The minimum absolute atomic E-state index is 0.0538. The van der Waals surface area contributed by atoms with Crippen molar-refractivity contribution in [2.24, 2.45) is 0 Å². The van der Waals surface area contributed by atoms with Crippen molar-refractivity contribution in [2.45, 2.75) is 0 Å². The van der Waals surface area contributed by atoms with Gasteiger partial charge in [0.2, 0.25) is 11.6 Å². The van der Waals surface area contributed by atoms with E-state index in [1.807, 2.05) is 4.90 Å². The molecule has 1 aromatic heterocycles. The number of ketones is 2. The highest BCUT2D eigenvalue weighted by Crippen LogP contribution is 2.39. The first kappa shape index (κ1) is 16.0. The lowest BCUT2D eigenvalue weighted by Gasteiger charge is -2.26. The SMILES string of the molecule is O=C1C(Cl)=C(Cl)C(=O)C(c2cnc(N3CCOCC3)s2)=C1Cl. The summed E-state index contributed by atoms with van der Waals surface area (Å²) < 4.78 is 5.29. The fourth-order valence-corrected chi connectivity index (χ4v) is 3.88. The van der Waals surface area contributed by atoms with Gasteiger partial charge in [0.05, 0.1) is 23.7 Å². The molecule has 5 nitrogen and oxygen atoms in total. The molecular weight excluding hydrogens is 371 g/mol. The highest BCUT2D eigenvalue weighted by molar-refractivity contribution is 7.17. The number of hydrogen-bond acceptors (Lipinski definition) is 6. The lowest BCUT2D eigenvalue weighted by Crippen LogP contribution is -2.36. The molecule has 116 valence electrons. The summed E-state index contributed by atoms with van der Waals surface area (Å²) in [7, 11) is 0. The van der Waals surface area contributed by atoms with Crippen LogP contribution in [0.4, 0.5) is 5.13 Å². The molecule has 2 heterocycles. The van der Waals surface area contributed by atoms with Crippen molar-refractivity contribution in [3.63, 3.8) is 0 Å². The molecule has 0 unspecified atom stereocenters. The van der Waals surface area contributed by atoms with Gasteiger partial charge >= 0.3 is 0 Å². The number of anilines is 1. The first-order valence-corrected chi connectivity index (χ1v) is 8.29. The zero-order chi connectivity index (χ0) is 15.9. The fraction of sp³-hybridized carbons (Fsp3) is 0.308. The van der Waals surface area contributed by atoms with Crippen LogP contribution in [-0.4, -0.2) is 42.9 Å². The van der Waals surface area contributed by atoms with E-state index >= 15 is 0 Å². The van der Waals surface area contributed by atoms with Crippen LogP contribution in [-0.2, 0) is 14.3 Å². The van der Waals surface area contributed by atoms with E-state index in [9.17, 15) is 9.59 Å². The summed E-state index contributed by atoms with van der Waals surface area (Å²) in [5, 5.41) is -0.144. The molecule has 0 radical (unpaired) electrons. The van der Waals surface area contributed by atoms with Crippen LogP contribution < -0.4 is 4.90 Å². The highest BCUT2D eigenvalue weighted by atomic mass is 35.5. The largest absolute Gasteiger partial charge is 0.378 e. The molecule has 1 aromatic rings. The van der Waals surface area contributed by atoms with Crippen molar-refractivity contribution in [3.05, 3.63) is 26.2 Å². The smallest absolute Gasteiger partial charge is 0.218 e. The molecular formula is C13H9Cl3N2O3S. The van der Waals surface area contributed by atoms with Crippen LogP contribution in [0.1, 0.15) is 4.88 Å². The van der Waals surface area contributed by atoms with Gasteiger partial charge in [0.25, 0.3) is 0 Å². The molecule has 2 aliphatic rings. The summed E-state index contributed by atoms with van der Waals surface area (Å²) in [5.74, 6) is -1.21. The first-order valence-electron chi connectivity index (χ1n) is 6.34. The Morgan fingerprint density at radius 1 is 1.05 bits per heavy atom. The van der Waals surface area contributed by atoms with Crippen molar-refractivity contribution < 1.29 is 14.3 Å². The zero-order valence-corrected chi connectivity index (χ0v) is 14.2. The van der Waals surface area contributed by atoms with Crippen LogP contribution in [0.5, 0.6) is 0 Å². The maximum atomic E-state index is 12.3. The number of carbonyl (C=O) groups excluding carboxylic acids is 2. The van der Waals surface area contributed by atoms with E-state index in [2.05, 4.69) is 4.98 Å². The maximum Gasteiger partial charge on any atom is 0.218 e. The number of nitrogens with zero attached hydrogens (tertiary/aromatic N) is 2. The number of halogens is 3. The Morgan fingerprint density at radius 3 is 2.36 bits per heavy atom. The molecule has 0 spiro atoms. The van der Waals surface area contributed by atoms with Crippen molar-refractivity contribution in [3.8, 4) is 0 Å². The Labute approximate surface area is 145 Å². The minimum atomic E-state index is -0.649. The van der Waals surface area contributed by atoms with E-state index in [1.165, 1.54) is 17.5 Å². The summed E-state index contributed by atoms with van der Waals surface area (Å²) in [4.78, 5) is 31.0. The van der Waals surface area contributed by atoms with E-state index in [0.29, 0.717) is 18.1 Å². The number of Topliss-reactive ketones (excluding diaryl/α,β-unsaturated/α-hetero) is 2. The number of allylic oxidation sites excluding steroid dienone is 4. The molecule has 22 heavy (non-hydrogen) atoms. The summed E-state index contributed by atoms with van der Waals surface area (Å²) >= 11 is 18.8. The Hall–Kier alpha value is -0.920. The third-order valence-electron chi connectivity index (χ3n) is 3.26. The summed E-state index contributed by atoms with van der Waals surface area (Å²) in [5.41, 5.74) is 0.0538. The molecule has 0 N–H and O–H groups in total. The quantitative estimate of drug-likeness (QED) is 0.740. The van der Waals surface area contributed by atoms with Crippen LogP contribution in [0, 0.1) is 0 Å². The number of ether oxygens (including phenoxy) is 1. The summed E-state index contributed by atoms with van der Waals surface area (Å²) in [6.07, 6.45) is 1.52. The predicted octanol–water partition coefficient (Wildman–Crippen LogP) is 2.77. The van der Waals surface area contributed by atoms with E-state index in [-0.39, 0.29) is 20.7 Å². The lowest BCUT2D eigenvalue weighted by atomic mass is 10.0. The second-order valence-electron chi connectivity index (χ2n) is 4.58. The molecule has 0 bridgehead atoms. The molecule has 0 atom stereocenters. The number of thiazole rings is 1. The third-order valence-corrected chi connectivity index (χ3v) is 5.51. The summed E-state index contributed by atoms with van der Waals surface area (Å²) in [6, 6.07) is 0. The van der Waals surface area contributed by atoms with Gasteiger partial charge in [-0.25, -0.2) is 4.98 Å². The van der Waals surface area contributed by atoms with Crippen LogP contribution in [0.2, 0.25) is 0 Å². The van der Waals surface area contributed by atoms with Gasteiger partial charge in [-0.05, 0) is 0 Å². The zero-order valence-electron chi connectivity index (χ0n) is 11.1. The summed E-state index contributed by atoms with van der Waals surface area (Å²) in [6.45, 7) is 2.69. The van der Waals surface area contributed by atoms with Crippen molar-refractivity contribution in [1.29, 1.82) is 0 Å². The molecule has 1 saturated heterocycles. The first-order chi connectivity index (χ1) is 10.5. The minimum Gasteiger partial charge on any atom is -0.378 e. The van der Waals surface area contributed by atoms with E-state index in [1.54, 1.807) is 0 Å². The predicted molar refractivity (Wildman–Crippen MR) is 86.7 cm³/mol. The Bertz CT molecular complexity index is 720. The van der Waals surface area contributed by atoms with Gasteiger partial charge in [-0.15, -0.1) is 0 Å². The number of morpholine rings is 1. The molecule has 3 rings (SSSR count). The van der Waals surface area contributed by atoms with Gasteiger partial charge in [0.1, 0.15) is 15.1 Å². The van der Waals surface area contributed by atoms with Crippen molar-refractivity contribution >= 4 is 68.4 Å². The van der Waals surface area contributed by atoms with Crippen molar-refractivity contribution in [1.82, 2.24) is 4.98 Å². The van der Waals surface area contributed by atoms with Crippen LogP contribution >= 0.6 is 46.1 Å². The molecule has 1 fully saturated rings. The normalized spacial score (nSPS) is 20.2. The topological polar surface area (TPSA) is 59.5 Å². The average molecular weight is 380 g/mol. The standard InChI is InChI=1S/C13H9Cl3N2O3S/c14-8-7(11(19)9(15)10(16)12(8)20)6-5-17-13(22-6)18-1-3-21-4-2-18/h5H,1-4H2. The van der Waals surface area contributed by atoms with Crippen LogP contribution in [0.15, 0.2) is 21.3 Å². The van der Waals surface area contributed by atoms with Crippen molar-refractivity contribution in [2.75, 3.05) is 31.2 Å². The molecule has 1 aliphatic heterocycles. The number of rotatable bonds is 2.